The second-order valence-corrected chi connectivity index (χ2v) is 5.89. The fraction of sp³-hybridized carbons (Fsp3) is 0.250. The van der Waals surface area contributed by atoms with Gasteiger partial charge in [0.2, 0.25) is 0 Å². The maximum Gasteiger partial charge on any atom is 0.328 e. The van der Waals surface area contributed by atoms with Crippen LogP contribution in [0.3, 0.4) is 0 Å². The van der Waals surface area contributed by atoms with Crippen LogP contribution in [0.2, 0.25) is 0 Å². The second-order valence-electron chi connectivity index (χ2n) is 5.89. The van der Waals surface area contributed by atoms with Crippen LogP contribution >= 0.6 is 0 Å². The van der Waals surface area contributed by atoms with E-state index in [0.29, 0.717) is 12.2 Å². The summed E-state index contributed by atoms with van der Waals surface area (Å²) >= 11 is 0. The average Bonchev–Trinajstić information content (AvgIpc) is 2.45. The molecular weight excluding hydrogens is 288 g/mol. The molecule has 1 N–H and O–H groups in total. The van der Waals surface area contributed by atoms with Gasteiger partial charge in [-0.2, -0.15) is 0 Å². The van der Waals surface area contributed by atoms with Crippen molar-refractivity contribution < 1.29 is 14.6 Å². The minimum absolute atomic E-state index is 0.553. The summed E-state index contributed by atoms with van der Waals surface area (Å²) in [5, 5.41) is 8.68. The number of carboxylic acids is 1. The molecule has 3 nitrogen and oxygen atoms in total. The second kappa shape index (κ2) is 7.14. The highest BCUT2D eigenvalue weighted by atomic mass is 16.5. The molecule has 0 spiro atoms. The third-order valence-corrected chi connectivity index (χ3v) is 3.71. The van der Waals surface area contributed by atoms with E-state index in [-0.39, 0.29) is 0 Å². The van der Waals surface area contributed by atoms with Gasteiger partial charge in [0, 0.05) is 11.6 Å². The normalized spacial score (nSPS) is 15.2. The largest absolute Gasteiger partial charge is 0.488 e. The molecule has 120 valence electrons. The Morgan fingerprint density at radius 2 is 2.00 bits per heavy atom. The Kier molecular flexibility index (Phi) is 5.22. The lowest BCUT2D eigenvalue weighted by atomic mass is 9.98. The van der Waals surface area contributed by atoms with Crippen LogP contribution in [0.1, 0.15) is 30.5 Å². The van der Waals surface area contributed by atoms with E-state index in [4.69, 9.17) is 9.84 Å². The summed E-state index contributed by atoms with van der Waals surface area (Å²) < 4.78 is 5.90. The van der Waals surface area contributed by atoms with Crippen LogP contribution in [-0.4, -0.2) is 17.7 Å². The minimum Gasteiger partial charge on any atom is -0.488 e. The molecule has 0 aromatic heterocycles. The first-order valence-corrected chi connectivity index (χ1v) is 7.58. The van der Waals surface area contributed by atoms with Gasteiger partial charge < -0.3 is 9.84 Å². The smallest absolute Gasteiger partial charge is 0.328 e. The van der Waals surface area contributed by atoms with Crippen molar-refractivity contribution in [2.45, 2.75) is 27.7 Å². The zero-order valence-corrected chi connectivity index (χ0v) is 14.0. The molecule has 1 heterocycles. The van der Waals surface area contributed by atoms with Crippen LogP contribution in [0, 0.1) is 13.8 Å². The van der Waals surface area contributed by atoms with Gasteiger partial charge in [0.05, 0.1) is 0 Å². The van der Waals surface area contributed by atoms with E-state index in [1.165, 1.54) is 11.6 Å². The number of carbonyl (C=O) groups is 1. The number of allylic oxidation sites excluding steroid dienone is 4. The van der Waals surface area contributed by atoms with E-state index in [2.05, 4.69) is 32.1 Å². The molecule has 0 amide bonds. The fourth-order valence-corrected chi connectivity index (χ4v) is 2.59. The molecule has 2 rings (SSSR count). The van der Waals surface area contributed by atoms with Crippen molar-refractivity contribution in [3.63, 3.8) is 0 Å². The molecule has 1 aliphatic rings. The van der Waals surface area contributed by atoms with Crippen molar-refractivity contribution in [1.82, 2.24) is 0 Å². The first-order chi connectivity index (χ1) is 10.9. The Balaban J connectivity index is 2.22. The van der Waals surface area contributed by atoms with Crippen LogP contribution in [0.25, 0.3) is 6.08 Å². The highest BCUT2D eigenvalue weighted by Gasteiger charge is 2.14. The van der Waals surface area contributed by atoms with Crippen LogP contribution in [0.4, 0.5) is 0 Å². The zero-order valence-electron chi connectivity index (χ0n) is 14.0. The van der Waals surface area contributed by atoms with Gasteiger partial charge in [0.25, 0.3) is 0 Å². The van der Waals surface area contributed by atoms with Gasteiger partial charge in [-0.25, -0.2) is 4.79 Å². The number of ether oxygens (including phenoxy) is 1. The number of carboxylic acid groups (broad SMARTS) is 1. The monoisotopic (exact) mass is 310 g/mol. The zero-order chi connectivity index (χ0) is 17.0. The minimum atomic E-state index is -0.932. The Morgan fingerprint density at radius 1 is 1.26 bits per heavy atom. The van der Waals surface area contributed by atoms with E-state index in [0.717, 1.165) is 28.0 Å². The number of aliphatic carboxylic acids is 1. The SMILES string of the molecule is CC(/C=C/C=C(\C)C1=Cc2cc(C)cc(C)c2OC1)=C\C(=O)O. The number of rotatable bonds is 4. The Morgan fingerprint density at radius 3 is 2.70 bits per heavy atom. The van der Waals surface area contributed by atoms with Crippen molar-refractivity contribution in [1.29, 1.82) is 0 Å². The van der Waals surface area contributed by atoms with Gasteiger partial charge in [0.15, 0.2) is 0 Å². The van der Waals surface area contributed by atoms with E-state index >= 15 is 0 Å². The van der Waals surface area contributed by atoms with Gasteiger partial charge >= 0.3 is 5.97 Å². The third-order valence-electron chi connectivity index (χ3n) is 3.71. The molecule has 1 aromatic carbocycles. The van der Waals surface area contributed by atoms with Crippen LogP contribution in [-0.2, 0) is 4.79 Å². The molecule has 0 bridgehead atoms. The number of fused-ring (bicyclic) bond motifs is 1. The molecule has 0 radical (unpaired) electrons. The third kappa shape index (κ3) is 4.46. The van der Waals surface area contributed by atoms with Crippen molar-refractivity contribution in [3.05, 3.63) is 69.8 Å². The van der Waals surface area contributed by atoms with Gasteiger partial charge in [-0.05, 0) is 62.1 Å². The maximum atomic E-state index is 10.6. The molecule has 23 heavy (non-hydrogen) atoms. The Bertz CT molecular complexity index is 746. The summed E-state index contributed by atoms with van der Waals surface area (Å²) in [6.45, 7) is 8.49. The van der Waals surface area contributed by atoms with E-state index in [1.807, 2.05) is 19.1 Å². The number of hydrogen-bond donors (Lipinski definition) is 1. The van der Waals surface area contributed by atoms with Crippen molar-refractivity contribution in [2.75, 3.05) is 6.61 Å². The van der Waals surface area contributed by atoms with Gasteiger partial charge in [-0.1, -0.05) is 29.9 Å². The predicted octanol–water partition coefficient (Wildman–Crippen LogP) is 4.61. The summed E-state index contributed by atoms with van der Waals surface area (Å²) in [5.41, 5.74) is 6.43. The first-order valence-electron chi connectivity index (χ1n) is 7.58. The van der Waals surface area contributed by atoms with Crippen molar-refractivity contribution >= 4 is 12.0 Å². The van der Waals surface area contributed by atoms with Gasteiger partial charge in [-0.15, -0.1) is 0 Å². The predicted molar refractivity (Wildman–Crippen MR) is 93.7 cm³/mol. The fourth-order valence-electron chi connectivity index (χ4n) is 2.59. The quantitative estimate of drug-likeness (QED) is 0.652. The van der Waals surface area contributed by atoms with Crippen LogP contribution < -0.4 is 4.74 Å². The van der Waals surface area contributed by atoms with Crippen LogP contribution in [0.5, 0.6) is 5.75 Å². The lowest BCUT2D eigenvalue weighted by Crippen LogP contribution is -2.09. The van der Waals surface area contributed by atoms with E-state index < -0.39 is 5.97 Å². The standard InChI is InChI=1S/C20H22O3/c1-13(10-19(21)22)6-5-7-15(3)18-11-17-9-14(2)8-16(4)20(17)23-12-18/h5-11H,12H2,1-4H3,(H,21,22)/b6-5+,13-10+,15-7+. The summed E-state index contributed by atoms with van der Waals surface area (Å²) in [5.74, 6) is 0.0292. The van der Waals surface area contributed by atoms with Crippen LogP contribution in [0.15, 0.2) is 53.2 Å². The first kappa shape index (κ1) is 16.8. The molecule has 0 saturated carbocycles. The topological polar surface area (TPSA) is 46.5 Å². The number of benzene rings is 1. The van der Waals surface area contributed by atoms with Crippen molar-refractivity contribution in [3.8, 4) is 5.75 Å². The number of aryl methyl sites for hydroxylation is 2. The molecule has 0 atom stereocenters. The lowest BCUT2D eigenvalue weighted by Gasteiger charge is -2.20. The Labute approximate surface area is 137 Å². The molecular formula is C20H22O3. The van der Waals surface area contributed by atoms with Crippen molar-refractivity contribution in [2.24, 2.45) is 0 Å². The summed E-state index contributed by atoms with van der Waals surface area (Å²) in [6.07, 6.45) is 8.97. The highest BCUT2D eigenvalue weighted by Crippen LogP contribution is 2.32. The molecule has 3 heteroatoms. The highest BCUT2D eigenvalue weighted by molar-refractivity contribution is 5.81. The lowest BCUT2D eigenvalue weighted by molar-refractivity contribution is -0.131. The van der Waals surface area contributed by atoms with Gasteiger partial charge in [-0.3, -0.25) is 0 Å². The molecule has 0 saturated heterocycles. The maximum absolute atomic E-state index is 10.6. The van der Waals surface area contributed by atoms with E-state index in [9.17, 15) is 4.79 Å². The van der Waals surface area contributed by atoms with E-state index in [1.54, 1.807) is 13.0 Å². The molecule has 1 aliphatic heterocycles. The molecule has 0 fully saturated rings. The average molecular weight is 310 g/mol. The molecule has 1 aromatic rings. The van der Waals surface area contributed by atoms with Gasteiger partial charge in [0.1, 0.15) is 12.4 Å². The summed E-state index contributed by atoms with van der Waals surface area (Å²) in [6, 6.07) is 4.25. The summed E-state index contributed by atoms with van der Waals surface area (Å²) in [4.78, 5) is 10.6. The summed E-state index contributed by atoms with van der Waals surface area (Å²) in [7, 11) is 0. The Hall–Kier alpha value is -2.55. The molecule has 0 aliphatic carbocycles. The number of hydrogen-bond acceptors (Lipinski definition) is 2. The molecule has 0 unspecified atom stereocenters.